The zero-order valence-electron chi connectivity index (χ0n) is 17.2. The number of rotatable bonds is 7. The maximum absolute atomic E-state index is 13.4. The Morgan fingerprint density at radius 3 is 2.42 bits per heavy atom. The summed E-state index contributed by atoms with van der Waals surface area (Å²) in [6.07, 6.45) is 3.02. The fourth-order valence-corrected chi connectivity index (χ4v) is 5.33. The van der Waals surface area contributed by atoms with Gasteiger partial charge < -0.3 is 10.1 Å². The van der Waals surface area contributed by atoms with Crippen molar-refractivity contribution < 1.29 is 19.1 Å². The summed E-state index contributed by atoms with van der Waals surface area (Å²) < 4.78 is 5.10. The Morgan fingerprint density at radius 2 is 1.71 bits per heavy atom. The molecule has 0 saturated carbocycles. The number of benzene rings is 1. The topological polar surface area (TPSA) is 84.5 Å². The second-order valence-corrected chi connectivity index (χ2v) is 9.13. The van der Waals surface area contributed by atoms with Gasteiger partial charge in [0.25, 0.3) is 0 Å². The van der Waals surface area contributed by atoms with Gasteiger partial charge in [0.05, 0.1) is 24.5 Å². The van der Waals surface area contributed by atoms with Gasteiger partial charge in [0, 0.05) is 29.2 Å². The maximum atomic E-state index is 13.4. The molecule has 2 heterocycles. The average Bonchev–Trinajstić information content (AvgIpc) is 3.43. The molecule has 0 spiro atoms. The molecule has 0 bridgehead atoms. The highest BCUT2D eigenvalue weighted by atomic mass is 32.1. The Morgan fingerprint density at radius 1 is 1.03 bits per heavy atom. The van der Waals surface area contributed by atoms with Gasteiger partial charge in [0.15, 0.2) is 5.78 Å². The van der Waals surface area contributed by atoms with Gasteiger partial charge in [-0.25, -0.2) is 0 Å². The van der Waals surface area contributed by atoms with Crippen molar-refractivity contribution in [2.24, 2.45) is 11.8 Å². The van der Waals surface area contributed by atoms with E-state index in [1.807, 2.05) is 24.3 Å². The van der Waals surface area contributed by atoms with Crippen molar-refractivity contribution in [3.63, 3.8) is 0 Å². The van der Waals surface area contributed by atoms with Gasteiger partial charge >= 0.3 is 5.97 Å². The number of hydrogen-bond acceptors (Lipinski definition) is 8. The van der Waals surface area contributed by atoms with Crippen molar-refractivity contribution in [2.75, 3.05) is 19.7 Å². The van der Waals surface area contributed by atoms with Crippen molar-refractivity contribution in [1.82, 2.24) is 10.6 Å². The first kappa shape index (κ1) is 22.1. The van der Waals surface area contributed by atoms with Gasteiger partial charge in [0.1, 0.15) is 11.8 Å². The lowest BCUT2D eigenvalue weighted by Gasteiger charge is -2.23. The molecule has 2 saturated heterocycles. The van der Waals surface area contributed by atoms with Crippen LogP contribution in [0.1, 0.15) is 24.5 Å². The molecule has 0 aromatic heterocycles. The van der Waals surface area contributed by atoms with E-state index in [0.717, 1.165) is 17.6 Å². The Hall–Kier alpha value is -2.13. The third kappa shape index (κ3) is 4.30. The van der Waals surface area contributed by atoms with Gasteiger partial charge in [-0.15, -0.1) is 0 Å². The van der Waals surface area contributed by atoms with Crippen LogP contribution in [0.2, 0.25) is 0 Å². The van der Waals surface area contributed by atoms with E-state index in [0.29, 0.717) is 16.3 Å². The van der Waals surface area contributed by atoms with Crippen LogP contribution in [0.4, 0.5) is 0 Å². The highest BCUT2D eigenvalue weighted by molar-refractivity contribution is 7.80. The van der Waals surface area contributed by atoms with Crippen LogP contribution in [0.15, 0.2) is 29.8 Å². The minimum absolute atomic E-state index is 0.0723. The fraction of sp³-hybridized carbons (Fsp3) is 0.435. The van der Waals surface area contributed by atoms with Crippen molar-refractivity contribution in [3.8, 4) is 0 Å². The van der Waals surface area contributed by atoms with E-state index in [1.54, 1.807) is 6.92 Å². The fourth-order valence-electron chi connectivity index (χ4n) is 4.65. The minimum atomic E-state index is -0.821. The number of ketones is 2. The molecule has 6 nitrogen and oxygen atoms in total. The first-order valence-electron chi connectivity index (χ1n) is 10.4. The number of hydrogen-bond donors (Lipinski definition) is 2. The van der Waals surface area contributed by atoms with Gasteiger partial charge in [-0.2, -0.15) is 0 Å². The van der Waals surface area contributed by atoms with E-state index >= 15 is 0 Å². The molecule has 31 heavy (non-hydrogen) atoms. The normalized spacial score (nSPS) is 27.2. The summed E-state index contributed by atoms with van der Waals surface area (Å²) in [5.74, 6) is -2.35. The molecule has 2 fully saturated rings. The van der Waals surface area contributed by atoms with E-state index in [2.05, 4.69) is 16.7 Å². The number of esters is 1. The second-order valence-electron chi connectivity index (χ2n) is 8.08. The first-order valence-corrected chi connectivity index (χ1v) is 11.2. The van der Waals surface area contributed by atoms with Crippen LogP contribution in [0.25, 0.3) is 6.08 Å². The van der Waals surface area contributed by atoms with E-state index in [1.165, 1.54) is 5.56 Å². The Kier molecular flexibility index (Phi) is 6.52. The number of carbonyl (C=O) groups excluding carboxylic acids is 3. The molecule has 1 aromatic carbocycles. The summed E-state index contributed by atoms with van der Waals surface area (Å²) in [5.41, 5.74) is 3.35. The first-order chi connectivity index (χ1) is 14.9. The van der Waals surface area contributed by atoms with Gasteiger partial charge in [-0.3, -0.25) is 19.7 Å². The molecule has 8 heteroatoms. The monoisotopic (exact) mass is 456 g/mol. The molecule has 3 aliphatic rings. The average molecular weight is 457 g/mol. The Bertz CT molecular complexity index is 1000. The van der Waals surface area contributed by atoms with E-state index in [-0.39, 0.29) is 31.1 Å². The molecule has 2 unspecified atom stereocenters. The summed E-state index contributed by atoms with van der Waals surface area (Å²) >= 11 is 10.8. The van der Waals surface area contributed by atoms with Crippen molar-refractivity contribution in [3.05, 3.63) is 41.0 Å². The number of nitrogens with one attached hydrogen (secondary N) is 2. The number of carbonyl (C=O) groups is 3. The number of fused-ring (bicyclic) bond motifs is 1. The van der Waals surface area contributed by atoms with Gasteiger partial charge in [-0.05, 0) is 24.5 Å². The summed E-state index contributed by atoms with van der Waals surface area (Å²) in [6.45, 7) is 2.53. The van der Waals surface area contributed by atoms with Crippen LogP contribution in [0.3, 0.4) is 0 Å². The van der Waals surface area contributed by atoms with Crippen LogP contribution in [-0.4, -0.2) is 59.0 Å². The standard InChI is InChI=1S/C23H24N2O4S2/c1-2-29-23(28)21-19(17(31)11-25-21)22(27)20-18(16(30)10-24-20)15(26)9-12-7-13-5-3-4-6-14(13)8-12/h3-7,18-21,24-25H,2,8-11H2,1H3/t18?,19?,20-,21-/m0/s1. The number of Topliss-reactive ketones (excluding diaryl/α,β-unsaturated/α-hetero) is 2. The molecule has 4 atom stereocenters. The van der Waals surface area contributed by atoms with E-state index < -0.39 is 29.9 Å². The maximum Gasteiger partial charge on any atom is 0.324 e. The predicted octanol–water partition coefficient (Wildman–Crippen LogP) is 1.63. The third-order valence-corrected chi connectivity index (χ3v) is 6.88. The molecular formula is C23H24N2O4S2. The van der Waals surface area contributed by atoms with Crippen LogP contribution < -0.4 is 10.6 Å². The van der Waals surface area contributed by atoms with Gasteiger partial charge in [0.2, 0.25) is 0 Å². The number of allylic oxidation sites excluding steroid dienone is 1. The van der Waals surface area contributed by atoms with Crippen LogP contribution >= 0.6 is 24.4 Å². The number of ether oxygens (including phenoxy) is 1. The number of thiocarbonyl (C=S) groups is 2. The van der Waals surface area contributed by atoms with Crippen LogP contribution in [0, 0.1) is 11.8 Å². The van der Waals surface area contributed by atoms with Crippen molar-refractivity contribution in [2.45, 2.75) is 31.8 Å². The quantitative estimate of drug-likeness (QED) is 0.473. The molecule has 2 N–H and O–H groups in total. The molecule has 1 aliphatic carbocycles. The van der Waals surface area contributed by atoms with Gasteiger partial charge in [-0.1, -0.05) is 60.4 Å². The summed E-state index contributed by atoms with van der Waals surface area (Å²) in [5, 5.41) is 6.08. The highest BCUT2D eigenvalue weighted by Gasteiger charge is 2.49. The second kappa shape index (κ2) is 9.16. The largest absolute Gasteiger partial charge is 0.465 e. The molecular weight excluding hydrogens is 432 g/mol. The lowest BCUT2D eigenvalue weighted by Crippen LogP contribution is -2.49. The minimum Gasteiger partial charge on any atom is -0.465 e. The smallest absolute Gasteiger partial charge is 0.324 e. The molecule has 2 aliphatic heterocycles. The lowest BCUT2D eigenvalue weighted by molar-refractivity contribution is -0.147. The zero-order valence-corrected chi connectivity index (χ0v) is 18.8. The van der Waals surface area contributed by atoms with Crippen LogP contribution in [0.5, 0.6) is 0 Å². The van der Waals surface area contributed by atoms with Crippen molar-refractivity contribution in [1.29, 1.82) is 0 Å². The predicted molar refractivity (Wildman–Crippen MR) is 125 cm³/mol. The van der Waals surface area contributed by atoms with Crippen molar-refractivity contribution >= 4 is 57.8 Å². The third-order valence-electron chi connectivity index (χ3n) is 6.09. The van der Waals surface area contributed by atoms with Crippen LogP contribution in [-0.2, 0) is 25.5 Å². The zero-order chi connectivity index (χ0) is 22.1. The Labute approximate surface area is 191 Å². The highest BCUT2D eigenvalue weighted by Crippen LogP contribution is 2.30. The summed E-state index contributed by atoms with van der Waals surface area (Å²) in [4.78, 5) is 40.0. The molecule has 4 rings (SSSR count). The SMILES string of the molecule is CCOC(=O)[C@H]1NCC(=S)C1C(=O)[C@H]1NCC(=S)C1C(=O)CC1=Cc2ccccc2C1. The lowest BCUT2D eigenvalue weighted by atomic mass is 9.82. The molecule has 162 valence electrons. The Balaban J connectivity index is 1.50. The van der Waals surface area contributed by atoms with E-state index in [9.17, 15) is 14.4 Å². The molecule has 0 amide bonds. The summed E-state index contributed by atoms with van der Waals surface area (Å²) in [6, 6.07) is 6.46. The molecule has 0 radical (unpaired) electrons. The van der Waals surface area contributed by atoms with E-state index in [4.69, 9.17) is 29.2 Å². The molecule has 1 aromatic rings. The summed E-state index contributed by atoms with van der Waals surface area (Å²) in [7, 11) is 0.